The quantitative estimate of drug-likeness (QED) is 0.288. The molecule has 2 aromatic heterocycles. The number of pyridine rings is 2. The van der Waals surface area contributed by atoms with E-state index in [1.807, 2.05) is 0 Å². The van der Waals surface area contributed by atoms with Crippen LogP contribution in [0.5, 0.6) is 0 Å². The van der Waals surface area contributed by atoms with E-state index in [4.69, 9.17) is 9.47 Å². The van der Waals surface area contributed by atoms with Crippen LogP contribution in [0.2, 0.25) is 0 Å². The number of aliphatic hydroxyl groups is 1. The molecule has 4 N–H and O–H groups in total. The van der Waals surface area contributed by atoms with Crippen molar-refractivity contribution in [1.82, 2.24) is 15.3 Å². The molecule has 14 heteroatoms. The van der Waals surface area contributed by atoms with E-state index in [0.717, 1.165) is 31.2 Å². The fourth-order valence-electron chi connectivity index (χ4n) is 4.83. The normalized spacial score (nSPS) is 21.5. The minimum absolute atomic E-state index is 0.0927. The average molecular weight is 630 g/mol. The largest absolute Gasteiger partial charge is 0.444 e. The molecule has 4 atom stereocenters. The molecule has 3 heterocycles. The molecule has 45 heavy (non-hydrogen) atoms. The second kappa shape index (κ2) is 12.8. The molecule has 0 unspecified atom stereocenters. The van der Waals surface area contributed by atoms with Crippen LogP contribution in [0.25, 0.3) is 11.3 Å². The van der Waals surface area contributed by atoms with E-state index in [9.17, 15) is 32.7 Å². The molecule has 1 aliphatic rings. The first-order valence-corrected chi connectivity index (χ1v) is 14.0. The molecule has 1 fully saturated rings. The fourth-order valence-corrected chi connectivity index (χ4v) is 4.83. The first-order valence-electron chi connectivity index (χ1n) is 14.0. The van der Waals surface area contributed by atoms with Gasteiger partial charge in [0.25, 0.3) is 5.91 Å². The summed E-state index contributed by atoms with van der Waals surface area (Å²) in [5, 5.41) is 18.7. The maximum atomic E-state index is 14.9. The molecular weight excluding hydrogens is 595 g/mol. The van der Waals surface area contributed by atoms with Crippen LogP contribution in [0.4, 0.5) is 29.3 Å². The van der Waals surface area contributed by atoms with Gasteiger partial charge in [0.05, 0.1) is 35.7 Å². The Morgan fingerprint density at radius 2 is 1.73 bits per heavy atom. The highest BCUT2D eigenvalue weighted by Gasteiger charge is 2.46. The van der Waals surface area contributed by atoms with E-state index < -0.39 is 76.1 Å². The average Bonchev–Trinajstić information content (AvgIpc) is 2.91. The summed E-state index contributed by atoms with van der Waals surface area (Å²) in [5.41, 5.74) is -3.72. The number of hydrogen-bond acceptors (Lipinski definition) is 8. The lowest BCUT2D eigenvalue weighted by atomic mass is 9.82. The Balaban J connectivity index is 1.60. The molecule has 0 bridgehead atoms. The number of alkyl carbamates (subject to hydrolysis) is 1. The summed E-state index contributed by atoms with van der Waals surface area (Å²) in [7, 11) is 0. The molecule has 0 aliphatic carbocycles. The Morgan fingerprint density at radius 3 is 2.36 bits per heavy atom. The number of anilines is 2. The van der Waals surface area contributed by atoms with Gasteiger partial charge in [-0.05, 0) is 65.0 Å². The van der Waals surface area contributed by atoms with Crippen molar-refractivity contribution < 1.29 is 42.1 Å². The number of benzene rings is 1. The van der Waals surface area contributed by atoms with Gasteiger partial charge in [0.15, 0.2) is 0 Å². The lowest BCUT2D eigenvalue weighted by Crippen LogP contribution is -2.61. The highest BCUT2D eigenvalue weighted by molar-refractivity contribution is 6.03. The number of nitrogens with one attached hydrogen (secondary N) is 3. The number of halogens is 3. The first kappa shape index (κ1) is 33.3. The van der Waals surface area contributed by atoms with Crippen LogP contribution in [0.15, 0.2) is 42.7 Å². The van der Waals surface area contributed by atoms with E-state index in [2.05, 4.69) is 25.9 Å². The maximum Gasteiger partial charge on any atom is 0.407 e. The Bertz CT molecular complexity index is 1600. The van der Waals surface area contributed by atoms with Gasteiger partial charge in [-0.15, -0.1) is 0 Å². The molecule has 0 radical (unpaired) electrons. The van der Waals surface area contributed by atoms with Gasteiger partial charge < -0.3 is 30.5 Å². The van der Waals surface area contributed by atoms with Crippen molar-refractivity contribution in [2.24, 2.45) is 0 Å². The van der Waals surface area contributed by atoms with Gasteiger partial charge in [-0.3, -0.25) is 14.6 Å². The van der Waals surface area contributed by atoms with Crippen LogP contribution in [-0.4, -0.2) is 56.3 Å². The maximum absolute atomic E-state index is 14.9. The molecule has 0 spiro atoms. The number of rotatable bonds is 6. The fraction of sp³-hybridized carbons (Fsp3) is 0.387. The number of hydrogen-bond donors (Lipinski definition) is 4. The van der Waals surface area contributed by atoms with Crippen LogP contribution in [-0.2, 0) is 14.3 Å². The van der Waals surface area contributed by atoms with Gasteiger partial charge in [0.1, 0.15) is 40.0 Å². The standard InChI is InChI=1S/C31H34F3N5O6/c1-15-31(6,43)25(39-29(42)45-30(3,4)5)13-24(44-15)18-9-10-35-14-23(18)38-28(41)22-8-7-19(32)27(37-22)26-20(33)11-17(12-21(26)34)36-16(2)40/h7-12,14-15,24-25,43H,13H2,1-6H3,(H,36,40)(H,38,41)(H,39,42)/t15-,24-,25-,31-/m1/s1. The third-order valence-electron chi connectivity index (χ3n) is 7.17. The summed E-state index contributed by atoms with van der Waals surface area (Å²) in [5.74, 6) is -4.90. The van der Waals surface area contributed by atoms with Crippen LogP contribution >= 0.6 is 0 Å². The van der Waals surface area contributed by atoms with Crippen molar-refractivity contribution in [2.75, 3.05) is 10.6 Å². The Labute approximate surface area is 257 Å². The summed E-state index contributed by atoms with van der Waals surface area (Å²) in [4.78, 5) is 45.0. The minimum atomic E-state index is -1.47. The highest BCUT2D eigenvalue weighted by Crippen LogP contribution is 2.39. The number of ether oxygens (including phenoxy) is 2. The van der Waals surface area contributed by atoms with Gasteiger partial charge in [0.2, 0.25) is 5.91 Å². The van der Waals surface area contributed by atoms with Crippen molar-refractivity contribution in [1.29, 1.82) is 0 Å². The minimum Gasteiger partial charge on any atom is -0.444 e. The zero-order chi connectivity index (χ0) is 33.3. The smallest absolute Gasteiger partial charge is 0.407 e. The Hall–Kier alpha value is -4.56. The van der Waals surface area contributed by atoms with Crippen molar-refractivity contribution in [3.63, 3.8) is 0 Å². The molecule has 3 aromatic rings. The van der Waals surface area contributed by atoms with Crippen LogP contribution in [0, 0.1) is 17.5 Å². The summed E-state index contributed by atoms with van der Waals surface area (Å²) in [6, 6.07) is 4.29. The molecular formula is C31H34F3N5O6. The topological polar surface area (TPSA) is 152 Å². The third-order valence-corrected chi connectivity index (χ3v) is 7.17. The molecule has 1 aliphatic heterocycles. The third kappa shape index (κ3) is 7.75. The second-order valence-corrected chi connectivity index (χ2v) is 11.9. The van der Waals surface area contributed by atoms with Crippen LogP contribution in [0.1, 0.15) is 70.1 Å². The van der Waals surface area contributed by atoms with Gasteiger partial charge in [-0.1, -0.05) is 0 Å². The SMILES string of the molecule is CC(=O)Nc1cc(F)c(-c2nc(C(=O)Nc3cnccc3[C@H]3C[C@@H](NC(=O)OC(C)(C)C)[C@](C)(O)[C@@H](C)O3)ccc2F)c(F)c1. The lowest BCUT2D eigenvalue weighted by molar-refractivity contribution is -0.176. The number of amides is 3. The summed E-state index contributed by atoms with van der Waals surface area (Å²) in [6.07, 6.45) is 0.674. The molecule has 11 nitrogen and oxygen atoms in total. The van der Waals surface area contributed by atoms with Crippen LogP contribution in [0.3, 0.4) is 0 Å². The highest BCUT2D eigenvalue weighted by atomic mass is 19.1. The molecule has 4 rings (SSSR count). The van der Waals surface area contributed by atoms with Gasteiger partial charge in [-0.25, -0.2) is 22.9 Å². The van der Waals surface area contributed by atoms with E-state index >= 15 is 0 Å². The van der Waals surface area contributed by atoms with Crippen molar-refractivity contribution >= 4 is 29.3 Å². The van der Waals surface area contributed by atoms with Crippen molar-refractivity contribution in [2.45, 2.75) is 77.4 Å². The Kier molecular flexibility index (Phi) is 9.49. The number of carbonyl (C=O) groups excluding carboxylic acids is 3. The monoisotopic (exact) mass is 629 g/mol. The number of nitrogens with zero attached hydrogens (tertiary/aromatic N) is 2. The zero-order valence-electron chi connectivity index (χ0n) is 25.5. The number of carbonyl (C=O) groups is 3. The lowest BCUT2D eigenvalue weighted by Gasteiger charge is -2.45. The predicted molar refractivity (Wildman–Crippen MR) is 158 cm³/mol. The first-order chi connectivity index (χ1) is 21.0. The summed E-state index contributed by atoms with van der Waals surface area (Å²) >= 11 is 0. The number of aromatic nitrogens is 2. The summed E-state index contributed by atoms with van der Waals surface area (Å²) in [6.45, 7) is 9.46. The zero-order valence-corrected chi connectivity index (χ0v) is 25.5. The summed E-state index contributed by atoms with van der Waals surface area (Å²) < 4.78 is 55.9. The van der Waals surface area contributed by atoms with Crippen molar-refractivity contribution in [3.8, 4) is 11.3 Å². The van der Waals surface area contributed by atoms with E-state index in [0.29, 0.717) is 5.56 Å². The molecule has 240 valence electrons. The molecule has 1 aromatic carbocycles. The van der Waals surface area contributed by atoms with Gasteiger partial charge in [-0.2, -0.15) is 0 Å². The predicted octanol–water partition coefficient (Wildman–Crippen LogP) is 5.27. The molecule has 1 saturated heterocycles. The van der Waals surface area contributed by atoms with E-state index in [1.54, 1.807) is 33.8 Å². The molecule has 0 saturated carbocycles. The van der Waals surface area contributed by atoms with Gasteiger partial charge >= 0.3 is 6.09 Å². The van der Waals surface area contributed by atoms with Crippen molar-refractivity contribution in [3.05, 3.63) is 71.4 Å². The van der Waals surface area contributed by atoms with E-state index in [-0.39, 0.29) is 23.5 Å². The Morgan fingerprint density at radius 1 is 1.07 bits per heavy atom. The second-order valence-electron chi connectivity index (χ2n) is 11.9. The van der Waals surface area contributed by atoms with Crippen LogP contribution < -0.4 is 16.0 Å². The van der Waals surface area contributed by atoms with E-state index in [1.165, 1.54) is 19.3 Å². The molecule has 3 amide bonds. The van der Waals surface area contributed by atoms with Gasteiger partial charge in [0, 0.05) is 30.8 Å².